The first-order valence-electron chi connectivity index (χ1n) is 6.66. The Morgan fingerprint density at radius 1 is 1.24 bits per heavy atom. The zero-order valence-corrected chi connectivity index (χ0v) is 12.7. The zero-order valence-electron chi connectivity index (χ0n) is 12.0. The van der Waals surface area contributed by atoms with E-state index in [1.54, 1.807) is 23.1 Å². The molecule has 0 fully saturated rings. The fourth-order valence-corrected chi connectivity index (χ4v) is 2.49. The SMILES string of the molecule is CCC(N)C(c1cccc(Cl)c1)N(CC(N)=O)CC(N)=O. The highest BCUT2D eigenvalue weighted by molar-refractivity contribution is 6.30. The molecule has 0 spiro atoms. The van der Waals surface area contributed by atoms with Crippen LogP contribution < -0.4 is 17.2 Å². The molecule has 0 aliphatic rings. The quantitative estimate of drug-likeness (QED) is 0.644. The lowest BCUT2D eigenvalue weighted by Crippen LogP contribution is -2.47. The van der Waals surface area contributed by atoms with Gasteiger partial charge in [0, 0.05) is 11.1 Å². The topological polar surface area (TPSA) is 115 Å². The number of rotatable bonds is 8. The van der Waals surface area contributed by atoms with Crippen LogP contribution >= 0.6 is 11.6 Å². The van der Waals surface area contributed by atoms with Crippen LogP contribution in [0.1, 0.15) is 24.9 Å². The Kier molecular flexibility index (Phi) is 6.61. The van der Waals surface area contributed by atoms with Crippen LogP contribution in [-0.4, -0.2) is 35.8 Å². The number of carbonyl (C=O) groups is 2. The summed E-state index contributed by atoms with van der Waals surface area (Å²) >= 11 is 6.01. The lowest BCUT2D eigenvalue weighted by molar-refractivity contribution is -0.123. The highest BCUT2D eigenvalue weighted by Crippen LogP contribution is 2.26. The predicted octanol–water partition coefficient (Wildman–Crippen LogP) is 0.391. The number of primary amides is 2. The molecular formula is C14H21ClN4O2. The monoisotopic (exact) mass is 312 g/mol. The van der Waals surface area contributed by atoms with E-state index < -0.39 is 11.8 Å². The Morgan fingerprint density at radius 3 is 2.24 bits per heavy atom. The molecule has 6 N–H and O–H groups in total. The number of halogens is 1. The van der Waals surface area contributed by atoms with Crippen molar-refractivity contribution in [3.8, 4) is 0 Å². The van der Waals surface area contributed by atoms with Crippen molar-refractivity contribution in [2.45, 2.75) is 25.4 Å². The zero-order chi connectivity index (χ0) is 16.0. The fraction of sp³-hybridized carbons (Fsp3) is 0.429. The third kappa shape index (κ3) is 5.34. The Labute approximate surface area is 129 Å². The number of carbonyl (C=O) groups excluding carboxylic acids is 2. The molecule has 0 saturated carbocycles. The molecule has 0 bridgehead atoms. The van der Waals surface area contributed by atoms with Gasteiger partial charge >= 0.3 is 0 Å². The highest BCUT2D eigenvalue weighted by Gasteiger charge is 2.28. The minimum Gasteiger partial charge on any atom is -0.369 e. The van der Waals surface area contributed by atoms with Gasteiger partial charge < -0.3 is 17.2 Å². The van der Waals surface area contributed by atoms with Crippen molar-refractivity contribution in [2.75, 3.05) is 13.1 Å². The summed E-state index contributed by atoms with van der Waals surface area (Å²) < 4.78 is 0. The molecule has 0 aromatic heterocycles. The van der Waals surface area contributed by atoms with Crippen molar-refractivity contribution < 1.29 is 9.59 Å². The van der Waals surface area contributed by atoms with Gasteiger partial charge in [-0.1, -0.05) is 30.7 Å². The van der Waals surface area contributed by atoms with Crippen LogP contribution in [0, 0.1) is 0 Å². The maximum atomic E-state index is 11.3. The van der Waals surface area contributed by atoms with Crippen molar-refractivity contribution in [2.24, 2.45) is 17.2 Å². The Hall–Kier alpha value is -1.63. The van der Waals surface area contributed by atoms with Gasteiger partial charge in [-0.3, -0.25) is 14.5 Å². The summed E-state index contributed by atoms with van der Waals surface area (Å²) in [4.78, 5) is 24.1. The molecule has 0 saturated heterocycles. The van der Waals surface area contributed by atoms with Gasteiger partial charge in [0.15, 0.2) is 0 Å². The summed E-state index contributed by atoms with van der Waals surface area (Å²) in [6, 6.07) is 6.49. The van der Waals surface area contributed by atoms with E-state index in [0.29, 0.717) is 11.4 Å². The van der Waals surface area contributed by atoms with Crippen molar-refractivity contribution >= 4 is 23.4 Å². The highest BCUT2D eigenvalue weighted by atomic mass is 35.5. The molecule has 0 aliphatic heterocycles. The van der Waals surface area contributed by atoms with E-state index in [2.05, 4.69) is 0 Å². The number of hydrogen-bond acceptors (Lipinski definition) is 4. The number of nitrogens with two attached hydrogens (primary N) is 3. The van der Waals surface area contributed by atoms with Crippen LogP contribution in [0.5, 0.6) is 0 Å². The van der Waals surface area contributed by atoms with E-state index in [-0.39, 0.29) is 25.2 Å². The van der Waals surface area contributed by atoms with Crippen LogP contribution in [0.15, 0.2) is 24.3 Å². The van der Waals surface area contributed by atoms with Crippen molar-refractivity contribution in [3.05, 3.63) is 34.9 Å². The molecule has 0 aliphatic carbocycles. The first-order valence-corrected chi connectivity index (χ1v) is 7.04. The predicted molar refractivity (Wildman–Crippen MR) is 82.4 cm³/mol. The minimum atomic E-state index is -0.549. The first kappa shape index (κ1) is 17.4. The van der Waals surface area contributed by atoms with Crippen LogP contribution in [-0.2, 0) is 9.59 Å². The molecule has 0 radical (unpaired) electrons. The smallest absolute Gasteiger partial charge is 0.231 e. The van der Waals surface area contributed by atoms with Gasteiger partial charge in [-0.05, 0) is 24.1 Å². The Morgan fingerprint density at radius 2 is 1.81 bits per heavy atom. The number of benzene rings is 1. The molecule has 7 heteroatoms. The van der Waals surface area contributed by atoms with Crippen LogP contribution in [0.3, 0.4) is 0 Å². The van der Waals surface area contributed by atoms with Crippen molar-refractivity contribution in [1.29, 1.82) is 0 Å². The molecule has 2 amide bonds. The van der Waals surface area contributed by atoms with Crippen molar-refractivity contribution in [3.63, 3.8) is 0 Å². The summed E-state index contributed by atoms with van der Waals surface area (Å²) in [5, 5.41) is 0.555. The van der Waals surface area contributed by atoms with E-state index in [4.69, 9.17) is 28.8 Å². The molecule has 21 heavy (non-hydrogen) atoms. The number of amides is 2. The van der Waals surface area contributed by atoms with E-state index in [1.165, 1.54) is 0 Å². The molecule has 1 rings (SSSR count). The van der Waals surface area contributed by atoms with Crippen LogP contribution in [0.25, 0.3) is 0 Å². The van der Waals surface area contributed by atoms with Crippen LogP contribution in [0.4, 0.5) is 0 Å². The summed E-state index contributed by atoms with van der Waals surface area (Å²) in [6.45, 7) is 1.72. The Bertz CT molecular complexity index is 494. The fourth-order valence-electron chi connectivity index (χ4n) is 2.30. The molecule has 6 nitrogen and oxygen atoms in total. The standard InChI is InChI=1S/C14H21ClN4O2/c1-2-11(16)14(9-4-3-5-10(15)6-9)19(7-12(17)20)8-13(18)21/h3-6,11,14H,2,7-8,16H2,1H3,(H2,17,20)(H2,18,21). The minimum absolute atomic E-state index is 0.103. The van der Waals surface area contributed by atoms with Gasteiger partial charge in [0.2, 0.25) is 11.8 Å². The summed E-state index contributed by atoms with van der Waals surface area (Å²) in [5.74, 6) is -1.10. The van der Waals surface area contributed by atoms with Gasteiger partial charge in [-0.15, -0.1) is 0 Å². The van der Waals surface area contributed by atoms with E-state index >= 15 is 0 Å². The average Bonchev–Trinajstić information content (AvgIpc) is 2.37. The maximum absolute atomic E-state index is 11.3. The lowest BCUT2D eigenvalue weighted by atomic mass is 9.96. The van der Waals surface area contributed by atoms with E-state index in [0.717, 1.165) is 5.56 Å². The summed E-state index contributed by atoms with van der Waals surface area (Å²) in [7, 11) is 0. The van der Waals surface area contributed by atoms with E-state index in [1.807, 2.05) is 13.0 Å². The molecule has 2 unspecified atom stereocenters. The molecule has 0 heterocycles. The summed E-state index contributed by atoms with van der Waals surface area (Å²) in [5.41, 5.74) is 17.5. The molecule has 1 aromatic rings. The van der Waals surface area contributed by atoms with E-state index in [9.17, 15) is 9.59 Å². The van der Waals surface area contributed by atoms with Gasteiger partial charge in [-0.2, -0.15) is 0 Å². The summed E-state index contributed by atoms with van der Waals surface area (Å²) in [6.07, 6.45) is 0.658. The second-order valence-electron chi connectivity index (χ2n) is 4.91. The van der Waals surface area contributed by atoms with Crippen LogP contribution in [0.2, 0.25) is 5.02 Å². The van der Waals surface area contributed by atoms with Gasteiger partial charge in [-0.25, -0.2) is 0 Å². The maximum Gasteiger partial charge on any atom is 0.231 e. The van der Waals surface area contributed by atoms with Gasteiger partial charge in [0.1, 0.15) is 0 Å². The second-order valence-corrected chi connectivity index (χ2v) is 5.35. The lowest BCUT2D eigenvalue weighted by Gasteiger charge is -2.34. The number of nitrogens with zero attached hydrogens (tertiary/aromatic N) is 1. The molecule has 116 valence electrons. The third-order valence-electron chi connectivity index (χ3n) is 3.18. The average molecular weight is 313 g/mol. The Balaban J connectivity index is 3.18. The normalized spacial score (nSPS) is 13.9. The largest absolute Gasteiger partial charge is 0.369 e. The number of hydrogen-bond donors (Lipinski definition) is 3. The third-order valence-corrected chi connectivity index (χ3v) is 3.41. The van der Waals surface area contributed by atoms with Gasteiger partial charge in [0.25, 0.3) is 0 Å². The molecular weight excluding hydrogens is 292 g/mol. The molecule has 2 atom stereocenters. The second kappa shape index (κ2) is 7.97. The molecule has 1 aromatic carbocycles. The van der Waals surface area contributed by atoms with Gasteiger partial charge in [0.05, 0.1) is 19.1 Å². The first-order chi connectivity index (χ1) is 9.85. The van der Waals surface area contributed by atoms with Crippen molar-refractivity contribution in [1.82, 2.24) is 4.90 Å².